The van der Waals surface area contributed by atoms with Crippen LogP contribution in [0.3, 0.4) is 0 Å². The molecular formula is C16H18N2. The topological polar surface area (TPSA) is 29.3 Å². The van der Waals surface area contributed by atoms with E-state index in [1.165, 1.54) is 16.7 Å². The first-order chi connectivity index (χ1) is 8.83. The van der Waals surface area contributed by atoms with Gasteiger partial charge in [0, 0.05) is 25.7 Å². The maximum absolute atomic E-state index is 6.25. The molecule has 92 valence electrons. The van der Waals surface area contributed by atoms with Crippen LogP contribution in [0.25, 0.3) is 0 Å². The third-order valence-corrected chi connectivity index (χ3v) is 3.55. The highest BCUT2D eigenvalue weighted by Crippen LogP contribution is 2.25. The summed E-state index contributed by atoms with van der Waals surface area (Å²) in [6, 6.07) is 19.2. The average Bonchev–Trinajstić information content (AvgIpc) is 2.40. The molecule has 2 aromatic rings. The molecule has 1 aliphatic rings. The standard InChI is InChI=1S/C16H18N2/c17-16-12-18(10-13-6-2-1-3-7-13)11-14-8-4-5-9-15(14)16/h1-9,16H,10-12,17H2/t16-/m1/s1. The molecule has 2 heteroatoms. The molecule has 0 radical (unpaired) electrons. The summed E-state index contributed by atoms with van der Waals surface area (Å²) in [5.74, 6) is 0. The van der Waals surface area contributed by atoms with Crippen molar-refractivity contribution >= 4 is 0 Å². The third-order valence-electron chi connectivity index (χ3n) is 3.55. The first-order valence-electron chi connectivity index (χ1n) is 6.42. The number of fused-ring (bicyclic) bond motifs is 1. The second kappa shape index (κ2) is 4.92. The predicted octanol–water partition coefficient (Wildman–Crippen LogP) is 2.70. The van der Waals surface area contributed by atoms with Gasteiger partial charge in [0.15, 0.2) is 0 Å². The van der Waals surface area contributed by atoms with Crippen molar-refractivity contribution in [2.75, 3.05) is 6.54 Å². The fourth-order valence-corrected chi connectivity index (χ4v) is 2.68. The molecule has 2 aromatic carbocycles. The van der Waals surface area contributed by atoms with Crippen LogP contribution in [0.4, 0.5) is 0 Å². The highest BCUT2D eigenvalue weighted by Gasteiger charge is 2.21. The smallest absolute Gasteiger partial charge is 0.0427 e. The Kier molecular flexibility index (Phi) is 3.13. The molecule has 3 rings (SSSR count). The lowest BCUT2D eigenvalue weighted by atomic mass is 9.96. The number of rotatable bonds is 2. The lowest BCUT2D eigenvalue weighted by molar-refractivity contribution is 0.223. The van der Waals surface area contributed by atoms with Gasteiger partial charge in [-0.3, -0.25) is 4.90 Å². The van der Waals surface area contributed by atoms with Crippen molar-refractivity contribution in [2.45, 2.75) is 19.1 Å². The molecule has 1 aliphatic heterocycles. The number of benzene rings is 2. The highest BCUT2D eigenvalue weighted by molar-refractivity contribution is 5.32. The first kappa shape index (κ1) is 11.5. The summed E-state index contributed by atoms with van der Waals surface area (Å²) in [6.07, 6.45) is 0. The first-order valence-corrected chi connectivity index (χ1v) is 6.42. The Morgan fingerprint density at radius 1 is 1.00 bits per heavy atom. The molecule has 2 nitrogen and oxygen atoms in total. The van der Waals surface area contributed by atoms with Crippen molar-refractivity contribution < 1.29 is 0 Å². The molecule has 0 aromatic heterocycles. The van der Waals surface area contributed by atoms with E-state index in [1.54, 1.807) is 0 Å². The van der Waals surface area contributed by atoms with E-state index in [4.69, 9.17) is 5.73 Å². The molecule has 0 saturated carbocycles. The van der Waals surface area contributed by atoms with Gasteiger partial charge in [-0.15, -0.1) is 0 Å². The van der Waals surface area contributed by atoms with Crippen molar-refractivity contribution in [1.82, 2.24) is 4.90 Å². The quantitative estimate of drug-likeness (QED) is 0.871. The molecule has 0 spiro atoms. The molecular weight excluding hydrogens is 220 g/mol. The van der Waals surface area contributed by atoms with Gasteiger partial charge in [0.1, 0.15) is 0 Å². The van der Waals surface area contributed by atoms with Crippen LogP contribution in [-0.2, 0) is 13.1 Å². The Morgan fingerprint density at radius 3 is 2.56 bits per heavy atom. The van der Waals surface area contributed by atoms with Crippen LogP contribution in [0.2, 0.25) is 0 Å². The summed E-state index contributed by atoms with van der Waals surface area (Å²) in [4.78, 5) is 2.42. The largest absolute Gasteiger partial charge is 0.323 e. The summed E-state index contributed by atoms with van der Waals surface area (Å²) in [5, 5.41) is 0. The Labute approximate surface area is 108 Å². The van der Waals surface area contributed by atoms with Crippen molar-refractivity contribution in [1.29, 1.82) is 0 Å². The Bertz CT molecular complexity index is 522. The third kappa shape index (κ3) is 2.30. The normalized spacial score (nSPS) is 19.5. The molecule has 0 unspecified atom stereocenters. The van der Waals surface area contributed by atoms with Crippen LogP contribution in [0.15, 0.2) is 54.6 Å². The maximum Gasteiger partial charge on any atom is 0.0427 e. The Hall–Kier alpha value is -1.64. The van der Waals surface area contributed by atoms with E-state index in [1.807, 2.05) is 0 Å². The second-order valence-electron chi connectivity index (χ2n) is 4.96. The van der Waals surface area contributed by atoms with Gasteiger partial charge in [-0.25, -0.2) is 0 Å². The maximum atomic E-state index is 6.25. The zero-order valence-electron chi connectivity index (χ0n) is 10.4. The summed E-state index contributed by atoms with van der Waals surface area (Å²) < 4.78 is 0. The van der Waals surface area contributed by atoms with Crippen LogP contribution >= 0.6 is 0 Å². The van der Waals surface area contributed by atoms with Gasteiger partial charge < -0.3 is 5.73 Å². The minimum Gasteiger partial charge on any atom is -0.323 e. The van der Waals surface area contributed by atoms with Crippen LogP contribution in [0, 0.1) is 0 Å². The van der Waals surface area contributed by atoms with E-state index in [0.29, 0.717) is 0 Å². The van der Waals surface area contributed by atoms with Crippen molar-refractivity contribution in [2.24, 2.45) is 5.73 Å². The van der Waals surface area contributed by atoms with Gasteiger partial charge in [-0.05, 0) is 16.7 Å². The second-order valence-corrected chi connectivity index (χ2v) is 4.96. The van der Waals surface area contributed by atoms with Crippen molar-refractivity contribution in [3.63, 3.8) is 0 Å². The number of nitrogens with zero attached hydrogens (tertiary/aromatic N) is 1. The Balaban J connectivity index is 1.78. The molecule has 0 aliphatic carbocycles. The molecule has 0 bridgehead atoms. The number of hydrogen-bond acceptors (Lipinski definition) is 2. The van der Waals surface area contributed by atoms with Gasteiger partial charge in [-0.2, -0.15) is 0 Å². The zero-order valence-corrected chi connectivity index (χ0v) is 10.4. The minimum absolute atomic E-state index is 0.138. The molecule has 1 heterocycles. The molecule has 0 saturated heterocycles. The lowest BCUT2D eigenvalue weighted by Crippen LogP contribution is -2.36. The van der Waals surface area contributed by atoms with Crippen LogP contribution in [0.5, 0.6) is 0 Å². The van der Waals surface area contributed by atoms with Crippen molar-refractivity contribution in [3.05, 3.63) is 71.3 Å². The fourth-order valence-electron chi connectivity index (χ4n) is 2.68. The molecule has 0 amide bonds. The number of hydrogen-bond donors (Lipinski definition) is 1. The summed E-state index contributed by atoms with van der Waals surface area (Å²) in [6.45, 7) is 2.91. The zero-order chi connectivity index (χ0) is 12.4. The molecule has 1 atom stereocenters. The lowest BCUT2D eigenvalue weighted by Gasteiger charge is -2.32. The van der Waals surface area contributed by atoms with Crippen molar-refractivity contribution in [3.8, 4) is 0 Å². The van der Waals surface area contributed by atoms with Gasteiger partial charge in [-0.1, -0.05) is 54.6 Å². The predicted molar refractivity (Wildman–Crippen MR) is 73.9 cm³/mol. The number of nitrogens with two attached hydrogens (primary N) is 1. The van der Waals surface area contributed by atoms with Gasteiger partial charge in [0.25, 0.3) is 0 Å². The summed E-state index contributed by atoms with van der Waals surface area (Å²) in [5.41, 5.74) is 10.3. The summed E-state index contributed by atoms with van der Waals surface area (Å²) in [7, 11) is 0. The van der Waals surface area contributed by atoms with Gasteiger partial charge in [0.2, 0.25) is 0 Å². The molecule has 18 heavy (non-hydrogen) atoms. The van der Waals surface area contributed by atoms with Crippen LogP contribution in [0.1, 0.15) is 22.7 Å². The average molecular weight is 238 g/mol. The van der Waals surface area contributed by atoms with Gasteiger partial charge >= 0.3 is 0 Å². The van der Waals surface area contributed by atoms with E-state index in [0.717, 1.165) is 19.6 Å². The molecule has 0 fully saturated rings. The van der Waals surface area contributed by atoms with E-state index in [-0.39, 0.29) is 6.04 Å². The minimum atomic E-state index is 0.138. The van der Waals surface area contributed by atoms with Crippen LogP contribution < -0.4 is 5.73 Å². The Morgan fingerprint density at radius 2 is 1.72 bits per heavy atom. The van der Waals surface area contributed by atoms with E-state index >= 15 is 0 Å². The SMILES string of the molecule is N[C@@H]1CN(Cc2ccccc2)Cc2ccccc21. The highest BCUT2D eigenvalue weighted by atomic mass is 15.1. The summed E-state index contributed by atoms with van der Waals surface area (Å²) >= 11 is 0. The van der Waals surface area contributed by atoms with E-state index in [2.05, 4.69) is 59.5 Å². The fraction of sp³-hybridized carbons (Fsp3) is 0.250. The van der Waals surface area contributed by atoms with E-state index in [9.17, 15) is 0 Å². The molecule has 2 N–H and O–H groups in total. The van der Waals surface area contributed by atoms with E-state index < -0.39 is 0 Å². The van der Waals surface area contributed by atoms with Gasteiger partial charge in [0.05, 0.1) is 0 Å². The van der Waals surface area contributed by atoms with Crippen LogP contribution in [-0.4, -0.2) is 11.4 Å². The monoisotopic (exact) mass is 238 g/mol.